The Balaban J connectivity index is 1.66. The summed E-state index contributed by atoms with van der Waals surface area (Å²) in [5.41, 5.74) is 1.47. The van der Waals surface area contributed by atoms with E-state index >= 15 is 0 Å². The van der Waals surface area contributed by atoms with E-state index in [9.17, 15) is 5.11 Å². The minimum Gasteiger partial charge on any atom is -0.392 e. The summed E-state index contributed by atoms with van der Waals surface area (Å²) in [4.78, 5) is 0. The lowest BCUT2D eigenvalue weighted by atomic mass is 9.51. The van der Waals surface area contributed by atoms with Gasteiger partial charge in [0.05, 0.1) is 6.10 Å². The van der Waals surface area contributed by atoms with Gasteiger partial charge >= 0.3 is 0 Å². The second kappa shape index (κ2) is 4.11. The van der Waals surface area contributed by atoms with Crippen LogP contribution in [0.2, 0.25) is 0 Å². The first-order valence-corrected chi connectivity index (χ1v) is 8.72. The fourth-order valence-electron chi connectivity index (χ4n) is 6.27. The quantitative estimate of drug-likeness (QED) is 0.799. The number of fused-ring (bicyclic) bond motifs is 2. The Morgan fingerprint density at radius 3 is 2.52 bits per heavy atom. The highest BCUT2D eigenvalue weighted by Gasteiger charge is 2.81. The third kappa shape index (κ3) is 1.41. The van der Waals surface area contributed by atoms with E-state index in [0.29, 0.717) is 17.8 Å². The summed E-state index contributed by atoms with van der Waals surface area (Å²) < 4.78 is 6.61. The zero-order valence-corrected chi connectivity index (χ0v) is 12.5. The van der Waals surface area contributed by atoms with Gasteiger partial charge in [-0.05, 0) is 37.2 Å². The molecule has 2 nitrogen and oxygen atoms in total. The van der Waals surface area contributed by atoms with Gasteiger partial charge in [-0.2, -0.15) is 0 Å². The van der Waals surface area contributed by atoms with Gasteiger partial charge in [0.25, 0.3) is 0 Å². The molecule has 21 heavy (non-hydrogen) atoms. The normalized spacial score (nSPS) is 50.9. The number of ether oxygens (including phenoxy) is 1. The van der Waals surface area contributed by atoms with Crippen molar-refractivity contribution in [1.29, 1.82) is 0 Å². The van der Waals surface area contributed by atoms with Crippen LogP contribution < -0.4 is 0 Å². The van der Waals surface area contributed by atoms with Crippen LogP contribution in [-0.2, 0) is 4.74 Å². The minimum atomic E-state index is -0.155. The van der Waals surface area contributed by atoms with Gasteiger partial charge in [-0.15, -0.1) is 0 Å². The van der Waals surface area contributed by atoms with Gasteiger partial charge in [-0.25, -0.2) is 0 Å². The third-order valence-corrected chi connectivity index (χ3v) is 6.98. The number of aliphatic hydroxyl groups excluding tert-OH is 1. The van der Waals surface area contributed by atoms with E-state index in [1.54, 1.807) is 0 Å². The number of hydrogen-bond acceptors (Lipinski definition) is 2. The fourth-order valence-corrected chi connectivity index (χ4v) is 6.27. The molecule has 0 unspecified atom stereocenters. The lowest BCUT2D eigenvalue weighted by Gasteiger charge is -2.51. The molecule has 1 saturated heterocycles. The minimum absolute atomic E-state index is 0.0160. The van der Waals surface area contributed by atoms with E-state index in [2.05, 4.69) is 30.3 Å². The van der Waals surface area contributed by atoms with Crippen LogP contribution in [0.1, 0.15) is 56.4 Å². The summed E-state index contributed by atoms with van der Waals surface area (Å²) in [5.74, 6) is 1.21. The Morgan fingerprint density at radius 1 is 0.952 bits per heavy atom. The van der Waals surface area contributed by atoms with Crippen molar-refractivity contribution in [1.82, 2.24) is 0 Å². The van der Waals surface area contributed by atoms with Crippen LogP contribution in [0.25, 0.3) is 0 Å². The van der Waals surface area contributed by atoms with Crippen LogP contribution in [0.15, 0.2) is 30.3 Å². The van der Waals surface area contributed by atoms with Gasteiger partial charge in [0.1, 0.15) is 11.2 Å². The molecule has 1 heterocycles. The summed E-state index contributed by atoms with van der Waals surface area (Å²) in [6.07, 6.45) is 8.38. The summed E-state index contributed by atoms with van der Waals surface area (Å²) >= 11 is 0. The standard InChI is InChI=1S/C19H24O2/c20-17-14-9-6-10-15(17)18-11-4-5-12-19(18,21-18)16(14)13-7-2-1-3-8-13/h1-3,7-8,14-17,20H,4-6,9-12H2/t14-,15-,16-,17+,18+,19-/m0/s1. The number of rotatable bonds is 1. The van der Waals surface area contributed by atoms with Crippen LogP contribution in [0, 0.1) is 11.8 Å². The second-order valence-corrected chi connectivity index (χ2v) is 7.67. The van der Waals surface area contributed by atoms with E-state index < -0.39 is 0 Å². The molecule has 3 aliphatic carbocycles. The highest BCUT2D eigenvalue weighted by Crippen LogP contribution is 2.74. The molecule has 1 aromatic rings. The summed E-state index contributed by atoms with van der Waals surface area (Å²) in [7, 11) is 0. The molecular formula is C19H24O2. The van der Waals surface area contributed by atoms with Gasteiger partial charge in [0.2, 0.25) is 0 Å². The predicted molar refractivity (Wildman–Crippen MR) is 81.0 cm³/mol. The second-order valence-electron chi connectivity index (χ2n) is 7.67. The number of aliphatic hydroxyl groups is 1. The first kappa shape index (κ1) is 12.7. The molecule has 6 atom stereocenters. The molecule has 2 heteroatoms. The fraction of sp³-hybridized carbons (Fsp3) is 0.684. The lowest BCUT2D eigenvalue weighted by molar-refractivity contribution is -0.0557. The molecule has 5 rings (SSSR count). The molecule has 112 valence electrons. The van der Waals surface area contributed by atoms with Crippen molar-refractivity contribution in [2.45, 2.75) is 68.2 Å². The molecule has 4 aliphatic rings. The van der Waals surface area contributed by atoms with E-state index in [-0.39, 0.29) is 17.3 Å². The van der Waals surface area contributed by atoms with E-state index in [0.717, 1.165) is 0 Å². The van der Waals surface area contributed by atoms with Crippen molar-refractivity contribution >= 4 is 0 Å². The van der Waals surface area contributed by atoms with Crippen LogP contribution in [0.4, 0.5) is 0 Å². The van der Waals surface area contributed by atoms with Crippen molar-refractivity contribution in [2.24, 2.45) is 11.8 Å². The monoisotopic (exact) mass is 284 g/mol. The number of hydrogen-bond donors (Lipinski definition) is 1. The molecule has 0 spiro atoms. The number of benzene rings is 1. The van der Waals surface area contributed by atoms with Crippen LogP contribution in [-0.4, -0.2) is 22.4 Å². The number of epoxide rings is 1. The lowest BCUT2D eigenvalue weighted by Crippen LogP contribution is -2.57. The Kier molecular flexibility index (Phi) is 2.48. The van der Waals surface area contributed by atoms with Gasteiger partial charge in [0.15, 0.2) is 0 Å². The van der Waals surface area contributed by atoms with E-state index in [4.69, 9.17) is 4.74 Å². The molecule has 0 radical (unpaired) electrons. The van der Waals surface area contributed by atoms with Crippen molar-refractivity contribution in [3.8, 4) is 0 Å². The molecule has 4 fully saturated rings. The van der Waals surface area contributed by atoms with Gasteiger partial charge in [-0.1, -0.05) is 49.6 Å². The highest BCUT2D eigenvalue weighted by molar-refractivity contribution is 5.38. The average Bonchev–Trinajstić information content (AvgIpc) is 3.20. The van der Waals surface area contributed by atoms with E-state index in [1.165, 1.54) is 50.5 Å². The smallest absolute Gasteiger partial charge is 0.106 e. The van der Waals surface area contributed by atoms with Crippen LogP contribution >= 0.6 is 0 Å². The van der Waals surface area contributed by atoms with Crippen molar-refractivity contribution in [3.63, 3.8) is 0 Å². The Bertz CT molecular complexity index is 556. The third-order valence-electron chi connectivity index (χ3n) is 6.98. The first-order chi connectivity index (χ1) is 10.3. The maximum absolute atomic E-state index is 11.0. The van der Waals surface area contributed by atoms with Crippen molar-refractivity contribution in [3.05, 3.63) is 35.9 Å². The molecule has 0 amide bonds. The molecular weight excluding hydrogens is 260 g/mol. The summed E-state index contributed by atoms with van der Waals surface area (Å²) in [5, 5.41) is 11.0. The molecule has 2 bridgehead atoms. The van der Waals surface area contributed by atoms with Gasteiger partial charge in [0, 0.05) is 11.8 Å². The SMILES string of the molecule is O[C@@H]1[C@H]2CCC[C@@H]1[C@]13CCCC[C@]1(O3)[C@H]2c1ccccc1. The highest BCUT2D eigenvalue weighted by atomic mass is 16.6. The van der Waals surface area contributed by atoms with Crippen LogP contribution in [0.5, 0.6) is 0 Å². The maximum atomic E-state index is 11.0. The Labute approximate surface area is 126 Å². The molecule has 1 aliphatic heterocycles. The largest absolute Gasteiger partial charge is 0.392 e. The van der Waals surface area contributed by atoms with Crippen molar-refractivity contribution in [2.75, 3.05) is 0 Å². The molecule has 1 aromatic carbocycles. The Hall–Kier alpha value is -0.860. The van der Waals surface area contributed by atoms with Crippen LogP contribution in [0.3, 0.4) is 0 Å². The summed E-state index contributed by atoms with van der Waals surface area (Å²) in [6.45, 7) is 0. The van der Waals surface area contributed by atoms with Crippen molar-refractivity contribution < 1.29 is 9.84 Å². The zero-order valence-electron chi connectivity index (χ0n) is 12.5. The van der Waals surface area contributed by atoms with Gasteiger partial charge in [-0.3, -0.25) is 0 Å². The average molecular weight is 284 g/mol. The maximum Gasteiger partial charge on any atom is 0.106 e. The molecule has 0 aromatic heterocycles. The van der Waals surface area contributed by atoms with Gasteiger partial charge < -0.3 is 9.84 Å². The molecule has 1 N–H and O–H groups in total. The summed E-state index contributed by atoms with van der Waals surface area (Å²) in [6, 6.07) is 10.9. The predicted octanol–water partition coefficient (Wildman–Crippen LogP) is 3.64. The van der Waals surface area contributed by atoms with E-state index in [1.807, 2.05) is 0 Å². The Morgan fingerprint density at radius 2 is 1.71 bits per heavy atom. The molecule has 3 saturated carbocycles. The topological polar surface area (TPSA) is 32.8 Å². The first-order valence-electron chi connectivity index (χ1n) is 8.72. The zero-order chi connectivity index (χ0) is 14.1.